The Kier molecular flexibility index (Phi) is 2.82. The topological polar surface area (TPSA) is 43.8 Å². The van der Waals surface area contributed by atoms with E-state index in [1.165, 1.54) is 0 Å². The van der Waals surface area contributed by atoms with Crippen LogP contribution in [0.15, 0.2) is 18.2 Å². The van der Waals surface area contributed by atoms with Crippen LogP contribution in [0.25, 0.3) is 5.69 Å². The number of benzene rings is 1. The second-order valence-electron chi connectivity index (χ2n) is 3.57. The Balaban J connectivity index is 2.72. The third-order valence-electron chi connectivity index (χ3n) is 2.43. The zero-order chi connectivity index (χ0) is 11.9. The second kappa shape index (κ2) is 4.00. The highest BCUT2D eigenvalue weighted by Gasteiger charge is 2.14. The van der Waals surface area contributed by atoms with E-state index in [-0.39, 0.29) is 0 Å². The van der Waals surface area contributed by atoms with Gasteiger partial charge in [0, 0.05) is 0 Å². The lowest BCUT2D eigenvalue weighted by molar-refractivity contribution is 0.836. The number of rotatable bonds is 1. The highest BCUT2D eigenvalue weighted by atomic mass is 35.5. The number of halogens is 2. The molecule has 0 saturated heterocycles. The Labute approximate surface area is 104 Å². The quantitative estimate of drug-likeness (QED) is 0.795. The Hall–Kier alpha value is -1.19. The summed E-state index contributed by atoms with van der Waals surface area (Å²) in [6, 6.07) is 5.36. The predicted octanol–water partition coefficient (Wildman–Crippen LogP) is 3.38. The average molecular weight is 256 g/mol. The van der Waals surface area contributed by atoms with Crippen LogP contribution in [0.2, 0.25) is 10.0 Å². The van der Waals surface area contributed by atoms with Gasteiger partial charge >= 0.3 is 0 Å². The number of aromatic nitrogens is 2. The maximum atomic E-state index is 6.11. The van der Waals surface area contributed by atoms with Gasteiger partial charge < -0.3 is 5.73 Å². The monoisotopic (exact) mass is 255 g/mol. The standard InChI is InChI=1S/C11H11Cl2N3/c1-6-10(13)7(2)16(15-6)11-8(12)4-3-5-9(11)14/h3-5H,14H2,1-2H3. The Bertz CT molecular complexity index is 526. The number of nitrogen functional groups attached to an aromatic ring is 1. The molecule has 2 rings (SSSR count). The molecule has 1 heterocycles. The molecule has 2 N–H and O–H groups in total. The van der Waals surface area contributed by atoms with Crippen molar-refractivity contribution in [3.8, 4) is 5.69 Å². The molecule has 1 aromatic carbocycles. The zero-order valence-corrected chi connectivity index (χ0v) is 10.5. The summed E-state index contributed by atoms with van der Waals surface area (Å²) in [5.74, 6) is 0. The molecule has 1 aromatic heterocycles. The van der Waals surface area contributed by atoms with Crippen molar-refractivity contribution in [3.05, 3.63) is 39.6 Å². The molecule has 84 valence electrons. The lowest BCUT2D eigenvalue weighted by Crippen LogP contribution is -2.04. The zero-order valence-electron chi connectivity index (χ0n) is 8.96. The van der Waals surface area contributed by atoms with Crippen molar-refractivity contribution in [1.82, 2.24) is 9.78 Å². The number of aryl methyl sites for hydroxylation is 1. The summed E-state index contributed by atoms with van der Waals surface area (Å²) in [5, 5.41) is 5.52. The summed E-state index contributed by atoms with van der Waals surface area (Å²) in [7, 11) is 0. The fraction of sp³-hybridized carbons (Fsp3) is 0.182. The third-order valence-corrected chi connectivity index (χ3v) is 3.28. The fourth-order valence-electron chi connectivity index (χ4n) is 1.60. The van der Waals surface area contributed by atoms with E-state index in [0.717, 1.165) is 11.4 Å². The minimum Gasteiger partial charge on any atom is -0.397 e. The van der Waals surface area contributed by atoms with E-state index in [2.05, 4.69) is 5.10 Å². The van der Waals surface area contributed by atoms with E-state index in [9.17, 15) is 0 Å². The molecule has 0 aliphatic heterocycles. The molecule has 0 atom stereocenters. The van der Waals surface area contributed by atoms with Gasteiger partial charge in [0.2, 0.25) is 0 Å². The minimum atomic E-state index is 0.558. The van der Waals surface area contributed by atoms with Gasteiger partial charge in [-0.1, -0.05) is 29.3 Å². The largest absolute Gasteiger partial charge is 0.397 e. The molecule has 5 heteroatoms. The third kappa shape index (κ3) is 1.66. The molecule has 0 amide bonds. The molecule has 0 unspecified atom stereocenters. The van der Waals surface area contributed by atoms with Gasteiger partial charge in [-0.3, -0.25) is 0 Å². The van der Waals surface area contributed by atoms with Gasteiger partial charge in [-0.2, -0.15) is 5.10 Å². The first-order valence-corrected chi connectivity index (χ1v) is 5.54. The van der Waals surface area contributed by atoms with Crippen LogP contribution in [0.3, 0.4) is 0 Å². The van der Waals surface area contributed by atoms with Gasteiger partial charge in [0.15, 0.2) is 0 Å². The molecule has 0 saturated carbocycles. The Morgan fingerprint density at radius 3 is 2.44 bits per heavy atom. The number of nitrogens with zero attached hydrogens (tertiary/aromatic N) is 2. The van der Waals surface area contributed by atoms with Gasteiger partial charge in [0.25, 0.3) is 0 Å². The van der Waals surface area contributed by atoms with Crippen molar-refractivity contribution in [3.63, 3.8) is 0 Å². The van der Waals surface area contributed by atoms with Crippen LogP contribution in [0.4, 0.5) is 5.69 Å². The van der Waals surface area contributed by atoms with E-state index in [4.69, 9.17) is 28.9 Å². The SMILES string of the molecule is Cc1nn(-c2c(N)cccc2Cl)c(C)c1Cl. The number of nitrogens with two attached hydrogens (primary N) is 1. The number of para-hydroxylation sites is 1. The molecule has 0 spiro atoms. The van der Waals surface area contributed by atoms with Crippen molar-refractivity contribution >= 4 is 28.9 Å². The first-order valence-electron chi connectivity index (χ1n) is 4.78. The summed E-state index contributed by atoms with van der Waals surface area (Å²) >= 11 is 12.2. The molecule has 3 nitrogen and oxygen atoms in total. The average Bonchev–Trinajstić information content (AvgIpc) is 2.47. The highest BCUT2D eigenvalue weighted by molar-refractivity contribution is 6.33. The van der Waals surface area contributed by atoms with Crippen LogP contribution < -0.4 is 5.73 Å². The molecular formula is C11H11Cl2N3. The molecule has 2 aromatic rings. The second-order valence-corrected chi connectivity index (χ2v) is 4.36. The predicted molar refractivity (Wildman–Crippen MR) is 67.5 cm³/mol. The van der Waals surface area contributed by atoms with Crippen LogP contribution >= 0.6 is 23.2 Å². The molecule has 0 aliphatic carbocycles. The molecule has 0 fully saturated rings. The summed E-state index contributed by atoms with van der Waals surface area (Å²) in [5.41, 5.74) is 8.74. The fourth-order valence-corrected chi connectivity index (χ4v) is 1.98. The summed E-state index contributed by atoms with van der Waals surface area (Å²) in [6.45, 7) is 3.73. The summed E-state index contributed by atoms with van der Waals surface area (Å²) in [4.78, 5) is 0. The normalized spacial score (nSPS) is 10.8. The Morgan fingerprint density at radius 2 is 1.94 bits per heavy atom. The van der Waals surface area contributed by atoms with E-state index < -0.39 is 0 Å². The molecule has 0 aliphatic rings. The lowest BCUT2D eigenvalue weighted by atomic mass is 10.2. The molecule has 16 heavy (non-hydrogen) atoms. The smallest absolute Gasteiger partial charge is 0.106 e. The van der Waals surface area contributed by atoms with Gasteiger partial charge in [-0.25, -0.2) is 4.68 Å². The molecular weight excluding hydrogens is 245 g/mol. The first-order chi connectivity index (χ1) is 7.52. The minimum absolute atomic E-state index is 0.558. The van der Waals surface area contributed by atoms with E-state index >= 15 is 0 Å². The van der Waals surface area contributed by atoms with Crippen molar-refractivity contribution in [2.75, 3.05) is 5.73 Å². The lowest BCUT2D eigenvalue weighted by Gasteiger charge is -2.09. The van der Waals surface area contributed by atoms with Gasteiger partial charge in [0.1, 0.15) is 5.69 Å². The van der Waals surface area contributed by atoms with E-state index in [1.54, 1.807) is 22.9 Å². The maximum absolute atomic E-state index is 6.11. The van der Waals surface area contributed by atoms with Crippen LogP contribution in [0.5, 0.6) is 0 Å². The Morgan fingerprint density at radius 1 is 1.25 bits per heavy atom. The van der Waals surface area contributed by atoms with Crippen LogP contribution in [-0.2, 0) is 0 Å². The van der Waals surface area contributed by atoms with E-state index in [0.29, 0.717) is 21.4 Å². The summed E-state index contributed by atoms with van der Waals surface area (Å²) in [6.07, 6.45) is 0. The number of anilines is 1. The van der Waals surface area contributed by atoms with Gasteiger partial charge in [0.05, 0.1) is 27.1 Å². The number of hydrogen-bond acceptors (Lipinski definition) is 2. The van der Waals surface area contributed by atoms with E-state index in [1.807, 2.05) is 13.8 Å². The number of hydrogen-bond donors (Lipinski definition) is 1. The van der Waals surface area contributed by atoms with Crippen LogP contribution in [0, 0.1) is 13.8 Å². The van der Waals surface area contributed by atoms with Crippen molar-refractivity contribution in [1.29, 1.82) is 0 Å². The first kappa shape index (κ1) is 11.3. The van der Waals surface area contributed by atoms with Crippen LogP contribution in [0.1, 0.15) is 11.4 Å². The summed E-state index contributed by atoms with van der Waals surface area (Å²) < 4.78 is 1.68. The van der Waals surface area contributed by atoms with Crippen molar-refractivity contribution < 1.29 is 0 Å². The highest BCUT2D eigenvalue weighted by Crippen LogP contribution is 2.30. The van der Waals surface area contributed by atoms with Crippen molar-refractivity contribution in [2.45, 2.75) is 13.8 Å². The molecule has 0 bridgehead atoms. The van der Waals surface area contributed by atoms with Gasteiger partial charge in [-0.15, -0.1) is 0 Å². The molecule has 0 radical (unpaired) electrons. The van der Waals surface area contributed by atoms with Gasteiger partial charge in [-0.05, 0) is 26.0 Å². The maximum Gasteiger partial charge on any atom is 0.106 e. The van der Waals surface area contributed by atoms with Crippen molar-refractivity contribution in [2.24, 2.45) is 0 Å². The van der Waals surface area contributed by atoms with Crippen LogP contribution in [-0.4, -0.2) is 9.78 Å².